The smallest absolute Gasteiger partial charge is 0.241 e. The summed E-state index contributed by atoms with van der Waals surface area (Å²) in [5.41, 5.74) is 4.28. The summed E-state index contributed by atoms with van der Waals surface area (Å²) in [7, 11) is 0. The van der Waals surface area contributed by atoms with Crippen molar-refractivity contribution < 1.29 is 9.32 Å². The molecule has 0 saturated carbocycles. The molecule has 6 nitrogen and oxygen atoms in total. The highest BCUT2D eigenvalue weighted by Crippen LogP contribution is 2.26. The van der Waals surface area contributed by atoms with Crippen LogP contribution in [-0.4, -0.2) is 34.0 Å². The minimum absolute atomic E-state index is 0.0457. The van der Waals surface area contributed by atoms with Gasteiger partial charge in [0, 0.05) is 17.8 Å². The number of amides is 1. The number of aromatic nitrogens is 2. The first-order valence-corrected chi connectivity index (χ1v) is 11.3. The Morgan fingerprint density at radius 2 is 1.91 bits per heavy atom. The molecule has 32 heavy (non-hydrogen) atoms. The van der Waals surface area contributed by atoms with Gasteiger partial charge in [0.15, 0.2) is 0 Å². The number of hydrogen-bond acceptors (Lipinski definition) is 5. The maximum absolute atomic E-state index is 12.8. The fraction of sp³-hybridized carbons (Fsp3) is 0.423. The van der Waals surface area contributed by atoms with E-state index in [1.54, 1.807) is 0 Å². The summed E-state index contributed by atoms with van der Waals surface area (Å²) in [5.74, 6) is 1.22. The Bertz CT molecular complexity index is 1070. The molecule has 1 atom stereocenters. The maximum Gasteiger partial charge on any atom is 0.241 e. The Labute approximate surface area is 190 Å². The lowest BCUT2D eigenvalue weighted by Crippen LogP contribution is -2.40. The molecule has 0 bridgehead atoms. The molecule has 6 heteroatoms. The van der Waals surface area contributed by atoms with Crippen LogP contribution in [0.25, 0.3) is 11.4 Å². The zero-order valence-corrected chi connectivity index (χ0v) is 19.4. The Balaban J connectivity index is 1.37. The van der Waals surface area contributed by atoms with E-state index in [4.69, 9.17) is 4.52 Å². The second-order valence-electron chi connectivity index (χ2n) is 9.72. The molecule has 1 amide bonds. The first-order chi connectivity index (χ1) is 15.3. The number of piperidine rings is 1. The van der Waals surface area contributed by atoms with Gasteiger partial charge in [-0.05, 0) is 48.9 Å². The second-order valence-corrected chi connectivity index (χ2v) is 9.72. The highest BCUT2D eigenvalue weighted by Gasteiger charge is 2.27. The van der Waals surface area contributed by atoms with E-state index in [1.807, 2.05) is 43.3 Å². The van der Waals surface area contributed by atoms with Crippen molar-refractivity contribution in [3.63, 3.8) is 0 Å². The van der Waals surface area contributed by atoms with E-state index in [1.165, 1.54) is 5.56 Å². The van der Waals surface area contributed by atoms with Crippen LogP contribution >= 0.6 is 0 Å². The standard InChI is InChI=1S/C26H32N4O2/c1-18-8-5-6-10-22(18)27-25(31)20-9-7-15-30(16-20)17-23-28-24(29-32-23)19-11-13-21(14-12-19)26(2,3)4/h5-6,8,10-14,20H,7,9,15-17H2,1-4H3,(H,27,31). The van der Waals surface area contributed by atoms with Gasteiger partial charge in [-0.3, -0.25) is 9.69 Å². The van der Waals surface area contributed by atoms with Crippen LogP contribution in [0, 0.1) is 12.8 Å². The number of nitrogens with zero attached hydrogens (tertiary/aromatic N) is 3. The fourth-order valence-corrected chi connectivity index (χ4v) is 4.11. The summed E-state index contributed by atoms with van der Waals surface area (Å²) in [5, 5.41) is 7.26. The summed E-state index contributed by atoms with van der Waals surface area (Å²) in [6, 6.07) is 16.2. The van der Waals surface area contributed by atoms with Gasteiger partial charge in [0.1, 0.15) is 0 Å². The predicted molar refractivity (Wildman–Crippen MR) is 126 cm³/mol. The molecule has 0 radical (unpaired) electrons. The second kappa shape index (κ2) is 9.25. The molecular formula is C26H32N4O2. The van der Waals surface area contributed by atoms with Crippen LogP contribution in [0.3, 0.4) is 0 Å². The van der Waals surface area contributed by atoms with Crippen LogP contribution < -0.4 is 5.32 Å². The predicted octanol–water partition coefficient (Wildman–Crippen LogP) is 5.19. The Kier molecular flexibility index (Phi) is 6.42. The molecule has 0 aliphatic carbocycles. The zero-order chi connectivity index (χ0) is 22.7. The number of rotatable bonds is 5. The van der Waals surface area contributed by atoms with E-state index in [-0.39, 0.29) is 17.2 Å². The topological polar surface area (TPSA) is 71.3 Å². The Hall–Kier alpha value is -2.99. The Morgan fingerprint density at radius 3 is 2.62 bits per heavy atom. The largest absolute Gasteiger partial charge is 0.338 e. The van der Waals surface area contributed by atoms with Gasteiger partial charge in [-0.1, -0.05) is 68.4 Å². The van der Waals surface area contributed by atoms with Crippen molar-refractivity contribution in [3.8, 4) is 11.4 Å². The van der Waals surface area contributed by atoms with Gasteiger partial charge in [0.25, 0.3) is 0 Å². The Morgan fingerprint density at radius 1 is 1.16 bits per heavy atom. The minimum atomic E-state index is -0.0457. The van der Waals surface area contributed by atoms with Gasteiger partial charge in [0.2, 0.25) is 17.6 Å². The van der Waals surface area contributed by atoms with Crippen molar-refractivity contribution in [2.45, 2.75) is 52.5 Å². The lowest BCUT2D eigenvalue weighted by molar-refractivity contribution is -0.121. The highest BCUT2D eigenvalue weighted by molar-refractivity contribution is 5.93. The summed E-state index contributed by atoms with van der Waals surface area (Å²) in [6.45, 7) is 10.8. The van der Waals surface area contributed by atoms with Crippen LogP contribution in [0.15, 0.2) is 53.1 Å². The molecule has 1 aromatic heterocycles. The zero-order valence-electron chi connectivity index (χ0n) is 19.4. The van der Waals surface area contributed by atoms with Crippen molar-refractivity contribution >= 4 is 11.6 Å². The molecule has 4 rings (SSSR count). The molecule has 168 valence electrons. The number of carbonyl (C=O) groups is 1. The summed E-state index contributed by atoms with van der Waals surface area (Å²) in [6.07, 6.45) is 1.87. The van der Waals surface area contributed by atoms with Crippen molar-refractivity contribution in [1.29, 1.82) is 0 Å². The third kappa shape index (κ3) is 5.25. The fourth-order valence-electron chi connectivity index (χ4n) is 4.11. The quantitative estimate of drug-likeness (QED) is 0.600. The lowest BCUT2D eigenvalue weighted by atomic mass is 9.87. The van der Waals surface area contributed by atoms with Crippen LogP contribution in [-0.2, 0) is 16.8 Å². The average Bonchev–Trinajstić information content (AvgIpc) is 3.23. The molecule has 0 spiro atoms. The molecule has 1 N–H and O–H groups in total. The summed E-state index contributed by atoms with van der Waals surface area (Å²) >= 11 is 0. The van der Waals surface area contributed by atoms with Gasteiger partial charge < -0.3 is 9.84 Å². The molecular weight excluding hydrogens is 400 g/mol. The molecule has 1 saturated heterocycles. The van der Waals surface area contributed by atoms with Crippen LogP contribution in [0.5, 0.6) is 0 Å². The number of carbonyl (C=O) groups excluding carboxylic acids is 1. The number of nitrogens with one attached hydrogen (secondary N) is 1. The number of para-hydroxylation sites is 1. The first kappa shape index (κ1) is 22.2. The molecule has 1 unspecified atom stereocenters. The summed E-state index contributed by atoms with van der Waals surface area (Å²) in [4.78, 5) is 19.6. The molecule has 2 aromatic carbocycles. The van der Waals surface area contributed by atoms with Crippen molar-refractivity contribution in [2.24, 2.45) is 5.92 Å². The first-order valence-electron chi connectivity index (χ1n) is 11.3. The third-order valence-electron chi connectivity index (χ3n) is 6.12. The van der Waals surface area contributed by atoms with Crippen molar-refractivity contribution in [2.75, 3.05) is 18.4 Å². The summed E-state index contributed by atoms with van der Waals surface area (Å²) < 4.78 is 5.52. The normalized spacial score (nSPS) is 17.3. The number of aryl methyl sites for hydroxylation is 1. The monoisotopic (exact) mass is 432 g/mol. The van der Waals surface area contributed by atoms with E-state index in [9.17, 15) is 4.79 Å². The van der Waals surface area contributed by atoms with Gasteiger partial charge >= 0.3 is 0 Å². The van der Waals surface area contributed by atoms with Crippen LogP contribution in [0.4, 0.5) is 5.69 Å². The van der Waals surface area contributed by atoms with E-state index < -0.39 is 0 Å². The number of anilines is 1. The van der Waals surface area contributed by atoms with Gasteiger partial charge in [-0.2, -0.15) is 4.98 Å². The maximum atomic E-state index is 12.8. The third-order valence-corrected chi connectivity index (χ3v) is 6.12. The molecule has 1 aliphatic rings. The van der Waals surface area contributed by atoms with Crippen LogP contribution in [0.2, 0.25) is 0 Å². The SMILES string of the molecule is Cc1ccccc1NC(=O)C1CCCN(Cc2nc(-c3ccc(C(C)(C)C)cc3)no2)C1. The lowest BCUT2D eigenvalue weighted by Gasteiger charge is -2.31. The van der Waals surface area contributed by atoms with E-state index in [0.717, 1.165) is 36.2 Å². The number of likely N-dealkylation sites (tertiary alicyclic amines) is 1. The van der Waals surface area contributed by atoms with E-state index in [2.05, 4.69) is 53.3 Å². The van der Waals surface area contributed by atoms with Crippen LogP contribution in [0.1, 0.15) is 50.6 Å². The van der Waals surface area contributed by atoms with Gasteiger partial charge in [-0.25, -0.2) is 0 Å². The highest BCUT2D eigenvalue weighted by atomic mass is 16.5. The van der Waals surface area contributed by atoms with Gasteiger partial charge in [0.05, 0.1) is 12.5 Å². The minimum Gasteiger partial charge on any atom is -0.338 e. The van der Waals surface area contributed by atoms with Gasteiger partial charge in [-0.15, -0.1) is 0 Å². The average molecular weight is 433 g/mol. The van der Waals surface area contributed by atoms with Crippen molar-refractivity contribution in [1.82, 2.24) is 15.0 Å². The van der Waals surface area contributed by atoms with E-state index >= 15 is 0 Å². The number of benzene rings is 2. The molecule has 2 heterocycles. The molecule has 1 aliphatic heterocycles. The molecule has 1 fully saturated rings. The van der Waals surface area contributed by atoms with Crippen molar-refractivity contribution in [3.05, 3.63) is 65.5 Å². The molecule has 3 aromatic rings. The number of hydrogen-bond donors (Lipinski definition) is 1. The van der Waals surface area contributed by atoms with E-state index in [0.29, 0.717) is 24.8 Å².